The Morgan fingerprint density at radius 2 is 1.54 bits per heavy atom. The molecule has 3 nitrogen and oxygen atoms in total. The minimum atomic E-state index is -0.198. The van der Waals surface area contributed by atoms with Gasteiger partial charge in [-0.1, -0.05) is 0 Å². The topological polar surface area (TPSA) is 37.4 Å². The van der Waals surface area contributed by atoms with Gasteiger partial charge in [-0.05, 0) is 32.2 Å². The molecule has 0 saturated carbocycles. The van der Waals surface area contributed by atoms with Gasteiger partial charge in [-0.3, -0.25) is 9.59 Å². The summed E-state index contributed by atoms with van der Waals surface area (Å²) in [6.45, 7) is 2.77. The van der Waals surface area contributed by atoms with E-state index >= 15 is 0 Å². The molecule has 0 fully saturated rings. The second-order valence-electron chi connectivity index (χ2n) is 3.00. The van der Waals surface area contributed by atoms with Crippen molar-refractivity contribution in [2.24, 2.45) is 0 Å². The van der Waals surface area contributed by atoms with Crippen LogP contribution < -0.4 is 0 Å². The number of hydrogen-bond acceptors (Lipinski definition) is 3. The maximum atomic E-state index is 10.9. The Balaban J connectivity index is 4.56. The fraction of sp³-hybridized carbons (Fsp3) is 0.400. The number of hydrogen-bond donors (Lipinski definition) is 0. The van der Waals surface area contributed by atoms with Crippen molar-refractivity contribution in [1.29, 1.82) is 0 Å². The number of carbonyl (C=O) groups excluding carboxylic acids is 2. The Kier molecular flexibility index (Phi) is 4.74. The molecule has 0 spiro atoms. The van der Waals surface area contributed by atoms with Crippen LogP contribution in [-0.2, 0) is 9.59 Å². The van der Waals surface area contributed by atoms with Gasteiger partial charge in [0.25, 0.3) is 0 Å². The van der Waals surface area contributed by atoms with Gasteiger partial charge in [-0.25, -0.2) is 0 Å². The summed E-state index contributed by atoms with van der Waals surface area (Å²) in [5.74, 6) is -0.396. The molecule has 13 heavy (non-hydrogen) atoms. The Bertz CT molecular complexity index is 246. The Labute approximate surface area is 78.7 Å². The molecule has 0 aromatic carbocycles. The molecule has 0 heterocycles. The SMILES string of the molecule is CC(=O)C(=CC=CN(C)C)C(C)=O. The Morgan fingerprint density at radius 1 is 1.08 bits per heavy atom. The van der Waals surface area contributed by atoms with Crippen molar-refractivity contribution in [2.45, 2.75) is 13.8 Å². The third kappa shape index (κ3) is 4.95. The molecule has 0 rings (SSSR count). The summed E-state index contributed by atoms with van der Waals surface area (Å²) in [6, 6.07) is 0. The van der Waals surface area contributed by atoms with Crippen LogP contribution in [0.15, 0.2) is 23.9 Å². The van der Waals surface area contributed by atoms with Crippen LogP contribution in [0.4, 0.5) is 0 Å². The van der Waals surface area contributed by atoms with Gasteiger partial charge in [0.1, 0.15) is 0 Å². The van der Waals surface area contributed by atoms with Crippen molar-refractivity contribution in [3.63, 3.8) is 0 Å². The highest BCUT2D eigenvalue weighted by Crippen LogP contribution is 1.98. The molecule has 0 aliphatic rings. The van der Waals surface area contributed by atoms with Crippen LogP contribution in [0.5, 0.6) is 0 Å². The number of rotatable bonds is 4. The van der Waals surface area contributed by atoms with E-state index in [0.717, 1.165) is 0 Å². The number of carbonyl (C=O) groups is 2. The first-order valence-corrected chi connectivity index (χ1v) is 4.02. The standard InChI is InChI=1S/C10H15NO2/c1-8(12)10(9(2)13)6-5-7-11(3)4/h5-7H,1-4H3. The molecular weight excluding hydrogens is 166 g/mol. The van der Waals surface area contributed by atoms with Crippen LogP contribution in [-0.4, -0.2) is 30.6 Å². The smallest absolute Gasteiger partial charge is 0.163 e. The summed E-state index contributed by atoms with van der Waals surface area (Å²) in [7, 11) is 3.73. The molecule has 0 aliphatic carbocycles. The van der Waals surface area contributed by atoms with Crippen LogP contribution in [0.2, 0.25) is 0 Å². The lowest BCUT2D eigenvalue weighted by atomic mass is 10.1. The Hall–Kier alpha value is -1.38. The van der Waals surface area contributed by atoms with Crippen LogP contribution in [0.3, 0.4) is 0 Å². The van der Waals surface area contributed by atoms with E-state index in [9.17, 15) is 9.59 Å². The van der Waals surface area contributed by atoms with E-state index < -0.39 is 0 Å². The summed E-state index contributed by atoms with van der Waals surface area (Å²) in [6.07, 6.45) is 4.98. The first kappa shape index (κ1) is 11.6. The van der Waals surface area contributed by atoms with Crippen molar-refractivity contribution in [2.75, 3.05) is 14.1 Å². The van der Waals surface area contributed by atoms with Crippen LogP contribution in [0, 0.1) is 0 Å². The average Bonchev–Trinajstić information content (AvgIpc) is 1.95. The molecule has 0 unspecified atom stereocenters. The molecule has 0 bridgehead atoms. The number of allylic oxidation sites excluding steroid dienone is 3. The minimum Gasteiger partial charge on any atom is -0.383 e. The third-order valence-corrected chi connectivity index (χ3v) is 1.41. The summed E-state index contributed by atoms with van der Waals surface area (Å²) in [4.78, 5) is 23.7. The average molecular weight is 181 g/mol. The van der Waals surface area contributed by atoms with E-state index in [4.69, 9.17) is 0 Å². The highest BCUT2D eigenvalue weighted by Gasteiger charge is 2.06. The third-order valence-electron chi connectivity index (χ3n) is 1.41. The normalized spacial score (nSPS) is 9.85. The monoisotopic (exact) mass is 181 g/mol. The predicted molar refractivity (Wildman–Crippen MR) is 52.3 cm³/mol. The molecule has 72 valence electrons. The summed E-state index contributed by atoms with van der Waals surface area (Å²) in [5, 5.41) is 0. The second-order valence-corrected chi connectivity index (χ2v) is 3.00. The maximum Gasteiger partial charge on any atom is 0.163 e. The van der Waals surface area contributed by atoms with Crippen molar-refractivity contribution >= 4 is 11.6 Å². The van der Waals surface area contributed by atoms with Gasteiger partial charge in [0.15, 0.2) is 11.6 Å². The number of nitrogens with zero attached hydrogens (tertiary/aromatic N) is 1. The maximum absolute atomic E-state index is 10.9. The summed E-state index contributed by atoms with van der Waals surface area (Å²) >= 11 is 0. The van der Waals surface area contributed by atoms with E-state index in [1.165, 1.54) is 19.9 Å². The lowest BCUT2D eigenvalue weighted by Gasteiger charge is -2.01. The zero-order valence-electron chi connectivity index (χ0n) is 8.50. The van der Waals surface area contributed by atoms with Crippen molar-refractivity contribution in [1.82, 2.24) is 4.90 Å². The summed E-state index contributed by atoms with van der Waals surface area (Å²) in [5.41, 5.74) is 0.234. The van der Waals surface area contributed by atoms with E-state index in [2.05, 4.69) is 0 Å². The largest absolute Gasteiger partial charge is 0.383 e. The fourth-order valence-electron chi connectivity index (χ4n) is 0.794. The van der Waals surface area contributed by atoms with Gasteiger partial charge in [-0.2, -0.15) is 0 Å². The zero-order chi connectivity index (χ0) is 10.4. The van der Waals surface area contributed by atoms with Gasteiger partial charge in [0, 0.05) is 14.1 Å². The predicted octanol–water partition coefficient (Wildman–Crippen LogP) is 1.17. The molecule has 3 heteroatoms. The second kappa shape index (κ2) is 5.30. The number of Topliss-reactive ketones (excluding diaryl/α,β-unsaturated/α-hetero) is 2. The highest BCUT2D eigenvalue weighted by molar-refractivity contribution is 6.18. The summed E-state index contributed by atoms with van der Waals surface area (Å²) < 4.78 is 0. The zero-order valence-corrected chi connectivity index (χ0v) is 8.50. The molecule has 0 saturated heterocycles. The van der Waals surface area contributed by atoms with Gasteiger partial charge in [0.05, 0.1) is 5.57 Å². The molecule has 0 aromatic rings. The van der Waals surface area contributed by atoms with Gasteiger partial charge in [0.2, 0.25) is 0 Å². The molecule has 0 radical (unpaired) electrons. The van der Waals surface area contributed by atoms with Crippen LogP contribution in [0.25, 0.3) is 0 Å². The van der Waals surface area contributed by atoms with Crippen molar-refractivity contribution in [3.05, 3.63) is 23.9 Å². The molecule has 0 N–H and O–H groups in total. The van der Waals surface area contributed by atoms with Crippen LogP contribution in [0.1, 0.15) is 13.8 Å². The first-order chi connectivity index (χ1) is 5.95. The molecule has 0 aliphatic heterocycles. The van der Waals surface area contributed by atoms with Gasteiger partial charge in [-0.15, -0.1) is 0 Å². The highest BCUT2D eigenvalue weighted by atomic mass is 16.1. The lowest BCUT2D eigenvalue weighted by Crippen LogP contribution is -2.05. The molecule has 0 aromatic heterocycles. The number of ketones is 2. The van der Waals surface area contributed by atoms with E-state index in [1.807, 2.05) is 19.0 Å². The van der Waals surface area contributed by atoms with E-state index in [0.29, 0.717) is 0 Å². The Morgan fingerprint density at radius 3 is 1.85 bits per heavy atom. The fourth-order valence-corrected chi connectivity index (χ4v) is 0.794. The first-order valence-electron chi connectivity index (χ1n) is 4.02. The van der Waals surface area contributed by atoms with Crippen LogP contribution >= 0.6 is 0 Å². The molecular formula is C10H15NO2. The van der Waals surface area contributed by atoms with Gasteiger partial charge < -0.3 is 4.90 Å². The van der Waals surface area contributed by atoms with E-state index in [1.54, 1.807) is 12.3 Å². The quantitative estimate of drug-likeness (QED) is 0.283. The molecule has 0 atom stereocenters. The minimum absolute atomic E-state index is 0.198. The lowest BCUT2D eigenvalue weighted by molar-refractivity contribution is -0.119. The van der Waals surface area contributed by atoms with Gasteiger partial charge >= 0.3 is 0 Å². The van der Waals surface area contributed by atoms with E-state index in [-0.39, 0.29) is 17.1 Å². The van der Waals surface area contributed by atoms with Crippen molar-refractivity contribution < 1.29 is 9.59 Å². The van der Waals surface area contributed by atoms with Crippen molar-refractivity contribution in [3.8, 4) is 0 Å². The molecule has 0 amide bonds.